The van der Waals surface area contributed by atoms with Gasteiger partial charge < -0.3 is 10.5 Å². The van der Waals surface area contributed by atoms with Crippen LogP contribution in [0.15, 0.2) is 24.5 Å². The largest absolute Gasteiger partial charge is 0.465 e. The van der Waals surface area contributed by atoms with Crippen LogP contribution in [0.2, 0.25) is 0 Å². The smallest absolute Gasteiger partial charge is 0.340 e. The highest BCUT2D eigenvalue weighted by molar-refractivity contribution is 5.94. The molecule has 1 fully saturated rings. The van der Waals surface area contributed by atoms with Crippen LogP contribution in [0.25, 0.3) is 5.69 Å². The summed E-state index contributed by atoms with van der Waals surface area (Å²) in [6, 6.07) is 3.47. The van der Waals surface area contributed by atoms with Crippen LogP contribution in [0, 0.1) is 0 Å². The zero-order valence-corrected chi connectivity index (χ0v) is 10.5. The maximum atomic E-state index is 11.8. The molecular weight excluding hydrogens is 244 g/mol. The Balaban J connectivity index is 2.04. The number of carbonyl (C=O) groups is 1. The highest BCUT2D eigenvalue weighted by atomic mass is 16.5. The van der Waals surface area contributed by atoms with Gasteiger partial charge in [0.25, 0.3) is 0 Å². The standard InChI is InChI=1S/C13H14N4O2/c1-19-13(18)9-6-12(14)15-7-11(9)17-5-4-10(16-17)8-2-3-8/h4-8H,2-3H2,1H3,(H2,14,15). The fraction of sp³-hybridized carbons (Fsp3) is 0.308. The number of hydrogen-bond acceptors (Lipinski definition) is 5. The van der Waals surface area contributed by atoms with Crippen molar-refractivity contribution < 1.29 is 9.53 Å². The topological polar surface area (TPSA) is 83.0 Å². The molecule has 2 heterocycles. The van der Waals surface area contributed by atoms with Crippen LogP contribution in [-0.4, -0.2) is 27.8 Å². The first kappa shape index (κ1) is 11.7. The van der Waals surface area contributed by atoms with E-state index in [1.54, 1.807) is 4.68 Å². The zero-order valence-electron chi connectivity index (χ0n) is 10.5. The maximum absolute atomic E-state index is 11.8. The van der Waals surface area contributed by atoms with Crippen LogP contribution in [0.4, 0.5) is 5.82 Å². The van der Waals surface area contributed by atoms with Crippen molar-refractivity contribution in [2.45, 2.75) is 18.8 Å². The molecular formula is C13H14N4O2. The van der Waals surface area contributed by atoms with Crippen LogP contribution in [-0.2, 0) is 4.74 Å². The molecule has 6 nitrogen and oxygen atoms in total. The lowest BCUT2D eigenvalue weighted by Gasteiger charge is -2.08. The molecule has 0 saturated heterocycles. The Kier molecular flexibility index (Phi) is 2.70. The van der Waals surface area contributed by atoms with Crippen molar-refractivity contribution in [3.05, 3.63) is 35.8 Å². The molecule has 19 heavy (non-hydrogen) atoms. The van der Waals surface area contributed by atoms with Crippen molar-refractivity contribution in [2.75, 3.05) is 12.8 Å². The minimum atomic E-state index is -0.451. The first-order chi connectivity index (χ1) is 9.19. The van der Waals surface area contributed by atoms with Crippen LogP contribution < -0.4 is 5.73 Å². The highest BCUT2D eigenvalue weighted by Crippen LogP contribution is 2.39. The molecule has 0 unspecified atom stereocenters. The summed E-state index contributed by atoms with van der Waals surface area (Å²) in [6.07, 6.45) is 5.72. The summed E-state index contributed by atoms with van der Waals surface area (Å²) in [5.41, 5.74) is 7.60. The van der Waals surface area contributed by atoms with Gasteiger partial charge in [0.2, 0.25) is 0 Å². The van der Waals surface area contributed by atoms with Gasteiger partial charge in [-0.3, -0.25) is 0 Å². The average molecular weight is 258 g/mol. The summed E-state index contributed by atoms with van der Waals surface area (Å²) < 4.78 is 6.40. The van der Waals surface area contributed by atoms with Gasteiger partial charge in [-0.05, 0) is 25.0 Å². The van der Waals surface area contributed by atoms with Gasteiger partial charge in [-0.15, -0.1) is 0 Å². The lowest BCUT2D eigenvalue weighted by Crippen LogP contribution is -2.10. The van der Waals surface area contributed by atoms with Crippen molar-refractivity contribution in [1.82, 2.24) is 14.8 Å². The zero-order chi connectivity index (χ0) is 13.4. The molecule has 2 N–H and O–H groups in total. The second kappa shape index (κ2) is 4.38. The van der Waals surface area contributed by atoms with Crippen LogP contribution >= 0.6 is 0 Å². The average Bonchev–Trinajstić information content (AvgIpc) is 3.16. The van der Waals surface area contributed by atoms with E-state index in [0.717, 1.165) is 5.69 Å². The summed E-state index contributed by atoms with van der Waals surface area (Å²) in [5, 5.41) is 4.48. The number of nitrogens with zero attached hydrogens (tertiary/aromatic N) is 3. The molecule has 1 aliphatic carbocycles. The van der Waals surface area contributed by atoms with Crippen LogP contribution in [0.5, 0.6) is 0 Å². The van der Waals surface area contributed by atoms with Gasteiger partial charge in [-0.2, -0.15) is 5.10 Å². The summed E-state index contributed by atoms with van der Waals surface area (Å²) in [7, 11) is 1.33. The fourth-order valence-corrected chi connectivity index (χ4v) is 1.99. The first-order valence-corrected chi connectivity index (χ1v) is 6.09. The lowest BCUT2D eigenvalue weighted by atomic mass is 10.2. The quantitative estimate of drug-likeness (QED) is 0.844. The van der Waals surface area contributed by atoms with Gasteiger partial charge in [0, 0.05) is 12.1 Å². The van der Waals surface area contributed by atoms with Gasteiger partial charge in [0.05, 0.1) is 30.3 Å². The Bertz CT molecular complexity index is 631. The monoisotopic (exact) mass is 258 g/mol. The number of esters is 1. The third-order valence-corrected chi connectivity index (χ3v) is 3.16. The van der Waals surface area contributed by atoms with Gasteiger partial charge in [0.1, 0.15) is 5.82 Å². The van der Waals surface area contributed by atoms with E-state index in [1.807, 2.05) is 12.3 Å². The lowest BCUT2D eigenvalue weighted by molar-refractivity contribution is 0.0600. The molecule has 2 aromatic rings. The summed E-state index contributed by atoms with van der Waals surface area (Å²) in [6.45, 7) is 0. The van der Waals surface area contributed by atoms with E-state index in [-0.39, 0.29) is 5.82 Å². The molecule has 0 spiro atoms. The van der Waals surface area contributed by atoms with E-state index in [0.29, 0.717) is 17.2 Å². The van der Waals surface area contributed by atoms with E-state index < -0.39 is 5.97 Å². The van der Waals surface area contributed by atoms with E-state index in [4.69, 9.17) is 10.5 Å². The van der Waals surface area contributed by atoms with E-state index in [9.17, 15) is 4.79 Å². The Morgan fingerprint density at radius 3 is 3.00 bits per heavy atom. The number of pyridine rings is 1. The number of nitrogen functional groups attached to an aromatic ring is 1. The van der Waals surface area contributed by atoms with E-state index in [1.165, 1.54) is 32.2 Å². The number of rotatable bonds is 3. The Morgan fingerprint density at radius 1 is 1.53 bits per heavy atom. The number of anilines is 1. The molecule has 0 atom stereocenters. The van der Waals surface area contributed by atoms with Crippen molar-refractivity contribution in [3.8, 4) is 5.69 Å². The molecule has 0 aromatic carbocycles. The molecule has 1 aliphatic rings. The number of aromatic nitrogens is 3. The number of nitrogens with two attached hydrogens (primary N) is 1. The predicted octanol–water partition coefficient (Wildman–Crippen LogP) is 1.51. The number of carbonyl (C=O) groups excluding carboxylic acids is 1. The fourth-order valence-electron chi connectivity index (χ4n) is 1.99. The first-order valence-electron chi connectivity index (χ1n) is 6.09. The molecule has 0 bridgehead atoms. The Labute approximate surface area is 110 Å². The van der Waals surface area contributed by atoms with Gasteiger partial charge in [0.15, 0.2) is 0 Å². The molecule has 6 heteroatoms. The van der Waals surface area contributed by atoms with Crippen molar-refractivity contribution in [1.29, 1.82) is 0 Å². The second-order valence-electron chi connectivity index (χ2n) is 4.58. The van der Waals surface area contributed by atoms with Crippen LogP contribution in [0.1, 0.15) is 34.8 Å². The highest BCUT2D eigenvalue weighted by Gasteiger charge is 2.26. The van der Waals surface area contributed by atoms with Crippen molar-refractivity contribution in [3.63, 3.8) is 0 Å². The van der Waals surface area contributed by atoms with Gasteiger partial charge >= 0.3 is 5.97 Å². The van der Waals surface area contributed by atoms with E-state index >= 15 is 0 Å². The predicted molar refractivity (Wildman–Crippen MR) is 69.1 cm³/mol. The third kappa shape index (κ3) is 2.16. The Morgan fingerprint density at radius 2 is 2.32 bits per heavy atom. The second-order valence-corrected chi connectivity index (χ2v) is 4.58. The van der Waals surface area contributed by atoms with Crippen LogP contribution in [0.3, 0.4) is 0 Å². The molecule has 2 aromatic heterocycles. The summed E-state index contributed by atoms with van der Waals surface area (Å²) in [4.78, 5) is 15.8. The Hall–Kier alpha value is -2.37. The molecule has 0 radical (unpaired) electrons. The normalized spacial score (nSPS) is 14.4. The number of methoxy groups -OCH3 is 1. The third-order valence-electron chi connectivity index (χ3n) is 3.16. The summed E-state index contributed by atoms with van der Waals surface area (Å²) in [5.74, 6) is 0.385. The van der Waals surface area contributed by atoms with Crippen molar-refractivity contribution in [2.24, 2.45) is 0 Å². The molecule has 3 rings (SSSR count). The van der Waals surface area contributed by atoms with Crippen molar-refractivity contribution >= 4 is 11.8 Å². The molecule has 0 aliphatic heterocycles. The SMILES string of the molecule is COC(=O)c1cc(N)ncc1-n1ccc(C2CC2)n1. The van der Waals surface area contributed by atoms with Gasteiger partial charge in [-0.25, -0.2) is 14.5 Å². The minimum Gasteiger partial charge on any atom is -0.465 e. The number of ether oxygens (including phenoxy) is 1. The summed E-state index contributed by atoms with van der Waals surface area (Å²) >= 11 is 0. The molecule has 98 valence electrons. The molecule has 1 saturated carbocycles. The number of hydrogen-bond donors (Lipinski definition) is 1. The molecule has 0 amide bonds. The van der Waals surface area contributed by atoms with E-state index in [2.05, 4.69) is 10.1 Å². The minimum absolute atomic E-state index is 0.277. The van der Waals surface area contributed by atoms with Gasteiger partial charge in [-0.1, -0.05) is 0 Å². The maximum Gasteiger partial charge on any atom is 0.340 e.